The van der Waals surface area contributed by atoms with Crippen molar-refractivity contribution in [2.75, 3.05) is 6.61 Å². The molecule has 0 N–H and O–H groups in total. The summed E-state index contributed by atoms with van der Waals surface area (Å²) in [5.74, 6) is -1.00. The third-order valence-corrected chi connectivity index (χ3v) is 2.90. The van der Waals surface area contributed by atoms with Crippen LogP contribution >= 0.6 is 0 Å². The molecule has 0 bridgehead atoms. The molecular weight excluding hydrogens is 220 g/mol. The summed E-state index contributed by atoms with van der Waals surface area (Å²) in [6, 6.07) is 0. The van der Waals surface area contributed by atoms with Gasteiger partial charge in [-0.3, -0.25) is 4.79 Å². The van der Waals surface area contributed by atoms with E-state index in [2.05, 4.69) is 11.7 Å². The van der Waals surface area contributed by atoms with Crippen LogP contribution in [0.15, 0.2) is 0 Å². The third kappa shape index (κ3) is 5.82. The quantitative estimate of drug-likeness (QED) is 0.354. The Bertz CT molecular complexity index is 250. The van der Waals surface area contributed by atoms with Gasteiger partial charge < -0.3 is 9.47 Å². The molecule has 17 heavy (non-hydrogen) atoms. The fourth-order valence-electron chi connectivity index (χ4n) is 1.87. The maximum Gasteiger partial charge on any atom is 0.343 e. The zero-order valence-electron chi connectivity index (χ0n) is 10.6. The molecule has 1 heterocycles. The van der Waals surface area contributed by atoms with Crippen molar-refractivity contribution in [3.05, 3.63) is 0 Å². The molecular formula is C13H22O4. The topological polar surface area (TPSA) is 52.6 Å². The van der Waals surface area contributed by atoms with Crippen molar-refractivity contribution >= 4 is 11.9 Å². The number of cyclic esters (lactones) is 2. The molecule has 1 aliphatic rings. The minimum absolute atomic E-state index is 0.0787. The molecule has 0 aromatic carbocycles. The second kappa shape index (κ2) is 8.23. The average molecular weight is 242 g/mol. The predicted molar refractivity (Wildman–Crippen MR) is 63.4 cm³/mol. The highest BCUT2D eigenvalue weighted by Gasteiger charge is 2.33. The van der Waals surface area contributed by atoms with Gasteiger partial charge in [-0.05, 0) is 6.42 Å². The lowest BCUT2D eigenvalue weighted by molar-refractivity contribution is -0.155. The summed E-state index contributed by atoms with van der Waals surface area (Å²) in [6.45, 7) is 2.75. The van der Waals surface area contributed by atoms with Gasteiger partial charge in [0.25, 0.3) is 0 Å². The Labute approximate surface area is 103 Å². The summed E-state index contributed by atoms with van der Waals surface area (Å²) in [5, 5.41) is 0. The van der Waals surface area contributed by atoms with Gasteiger partial charge in [0.1, 0.15) is 0 Å². The predicted octanol–water partition coefficient (Wildman–Crippen LogP) is 2.60. The molecule has 0 saturated carbocycles. The molecule has 1 atom stereocenters. The van der Waals surface area contributed by atoms with E-state index in [4.69, 9.17) is 4.74 Å². The highest BCUT2D eigenvalue weighted by Crippen LogP contribution is 2.13. The molecule has 1 unspecified atom stereocenters. The van der Waals surface area contributed by atoms with Crippen LogP contribution in [0.4, 0.5) is 0 Å². The first-order valence-electron chi connectivity index (χ1n) is 6.60. The van der Waals surface area contributed by atoms with Gasteiger partial charge in [-0.15, -0.1) is 0 Å². The van der Waals surface area contributed by atoms with Gasteiger partial charge in [0.15, 0.2) is 6.10 Å². The largest absolute Gasteiger partial charge is 0.391 e. The molecule has 0 amide bonds. The first-order chi connectivity index (χ1) is 8.24. The number of hydrogen-bond donors (Lipinski definition) is 0. The maximum absolute atomic E-state index is 11.1. The minimum Gasteiger partial charge on any atom is -0.391 e. The highest BCUT2D eigenvalue weighted by molar-refractivity contribution is 5.96. The number of ether oxygens (including phenoxy) is 2. The van der Waals surface area contributed by atoms with Crippen molar-refractivity contribution in [2.24, 2.45) is 0 Å². The zero-order valence-corrected chi connectivity index (χ0v) is 10.6. The van der Waals surface area contributed by atoms with E-state index in [-0.39, 0.29) is 6.42 Å². The van der Waals surface area contributed by atoms with Crippen LogP contribution in [0, 0.1) is 0 Å². The van der Waals surface area contributed by atoms with Crippen LogP contribution in [0.1, 0.15) is 58.3 Å². The normalized spacial score (nSPS) is 19.7. The summed E-state index contributed by atoms with van der Waals surface area (Å²) >= 11 is 0. The fraction of sp³-hybridized carbons (Fsp3) is 0.846. The molecule has 0 aromatic rings. The molecule has 0 spiro atoms. The summed E-state index contributed by atoms with van der Waals surface area (Å²) < 4.78 is 9.71. The number of rotatable bonds is 9. The zero-order chi connectivity index (χ0) is 12.5. The lowest BCUT2D eigenvalue weighted by atomic mass is 10.1. The van der Waals surface area contributed by atoms with Gasteiger partial charge >= 0.3 is 11.9 Å². The Hall–Kier alpha value is -0.900. The summed E-state index contributed by atoms with van der Waals surface area (Å²) in [5.41, 5.74) is 0. The van der Waals surface area contributed by atoms with Gasteiger partial charge in [0.2, 0.25) is 0 Å². The molecule has 0 aliphatic carbocycles. The average Bonchev–Trinajstić information content (AvgIpc) is 2.61. The summed E-state index contributed by atoms with van der Waals surface area (Å²) in [4.78, 5) is 21.8. The number of unbranched alkanes of at least 4 members (excludes halogenated alkanes) is 6. The molecule has 1 saturated heterocycles. The Morgan fingerprint density at radius 2 is 1.76 bits per heavy atom. The second-order valence-electron chi connectivity index (χ2n) is 4.48. The van der Waals surface area contributed by atoms with Crippen molar-refractivity contribution in [1.82, 2.24) is 0 Å². The highest BCUT2D eigenvalue weighted by atomic mass is 16.6. The third-order valence-electron chi connectivity index (χ3n) is 2.90. The molecule has 0 aromatic heterocycles. The van der Waals surface area contributed by atoms with Crippen LogP contribution in [-0.2, 0) is 19.1 Å². The first-order valence-corrected chi connectivity index (χ1v) is 6.60. The Kier molecular flexibility index (Phi) is 6.86. The van der Waals surface area contributed by atoms with E-state index in [0.717, 1.165) is 12.8 Å². The lowest BCUT2D eigenvalue weighted by Crippen LogP contribution is -2.18. The second-order valence-corrected chi connectivity index (χ2v) is 4.48. The molecule has 0 radical (unpaired) electrons. The van der Waals surface area contributed by atoms with Crippen molar-refractivity contribution in [3.8, 4) is 0 Å². The van der Waals surface area contributed by atoms with Crippen molar-refractivity contribution in [3.63, 3.8) is 0 Å². The molecule has 1 rings (SSSR count). The van der Waals surface area contributed by atoms with Gasteiger partial charge in [-0.1, -0.05) is 45.4 Å². The SMILES string of the molecule is CCCCCCCCCOC1CC(=O)OC1=O. The summed E-state index contributed by atoms with van der Waals surface area (Å²) in [6.07, 6.45) is 7.88. The molecule has 1 fully saturated rings. The smallest absolute Gasteiger partial charge is 0.343 e. The van der Waals surface area contributed by atoms with Gasteiger partial charge in [-0.25, -0.2) is 4.79 Å². The van der Waals surface area contributed by atoms with Crippen LogP contribution in [0.3, 0.4) is 0 Å². The molecule has 4 nitrogen and oxygen atoms in total. The Balaban J connectivity index is 1.91. The van der Waals surface area contributed by atoms with Crippen LogP contribution in [-0.4, -0.2) is 24.6 Å². The Morgan fingerprint density at radius 1 is 1.12 bits per heavy atom. The number of hydrogen-bond acceptors (Lipinski definition) is 4. The van der Waals surface area contributed by atoms with E-state index in [1.165, 1.54) is 32.1 Å². The van der Waals surface area contributed by atoms with Gasteiger partial charge in [0.05, 0.1) is 6.42 Å². The Morgan fingerprint density at radius 3 is 2.35 bits per heavy atom. The van der Waals surface area contributed by atoms with E-state index in [9.17, 15) is 9.59 Å². The number of esters is 2. The minimum atomic E-state index is -0.650. The lowest BCUT2D eigenvalue weighted by Gasteiger charge is -2.06. The van der Waals surface area contributed by atoms with E-state index in [1.807, 2.05) is 0 Å². The maximum atomic E-state index is 11.1. The number of carbonyl (C=O) groups is 2. The van der Waals surface area contributed by atoms with Crippen LogP contribution in [0.2, 0.25) is 0 Å². The van der Waals surface area contributed by atoms with Crippen molar-refractivity contribution in [1.29, 1.82) is 0 Å². The monoisotopic (exact) mass is 242 g/mol. The standard InChI is InChI=1S/C13H22O4/c1-2-3-4-5-6-7-8-9-16-11-10-12(14)17-13(11)15/h11H,2-10H2,1H3. The van der Waals surface area contributed by atoms with Gasteiger partial charge in [0, 0.05) is 6.61 Å². The van der Waals surface area contributed by atoms with Crippen LogP contribution < -0.4 is 0 Å². The molecule has 4 heteroatoms. The van der Waals surface area contributed by atoms with Crippen molar-refractivity contribution < 1.29 is 19.1 Å². The van der Waals surface area contributed by atoms with Gasteiger partial charge in [-0.2, -0.15) is 0 Å². The summed E-state index contributed by atoms with van der Waals surface area (Å²) in [7, 11) is 0. The van der Waals surface area contributed by atoms with E-state index in [0.29, 0.717) is 6.61 Å². The van der Waals surface area contributed by atoms with Crippen molar-refractivity contribution in [2.45, 2.75) is 64.4 Å². The molecule has 98 valence electrons. The van der Waals surface area contributed by atoms with Crippen LogP contribution in [0.5, 0.6) is 0 Å². The van der Waals surface area contributed by atoms with E-state index >= 15 is 0 Å². The number of carbonyl (C=O) groups excluding carboxylic acids is 2. The van der Waals surface area contributed by atoms with E-state index < -0.39 is 18.0 Å². The first kappa shape index (κ1) is 14.2. The van der Waals surface area contributed by atoms with E-state index in [1.54, 1.807) is 0 Å². The van der Waals surface area contributed by atoms with Crippen LogP contribution in [0.25, 0.3) is 0 Å². The molecule has 1 aliphatic heterocycles. The fourth-order valence-corrected chi connectivity index (χ4v) is 1.87.